The second-order valence-electron chi connectivity index (χ2n) is 6.02. The highest BCUT2D eigenvalue weighted by molar-refractivity contribution is 7.89. The van der Waals surface area contributed by atoms with E-state index >= 15 is 0 Å². The van der Waals surface area contributed by atoms with Gasteiger partial charge in [0.15, 0.2) is 0 Å². The lowest BCUT2D eigenvalue weighted by Gasteiger charge is -2.15. The third-order valence-corrected chi connectivity index (χ3v) is 5.49. The Morgan fingerprint density at radius 3 is 2.64 bits per heavy atom. The van der Waals surface area contributed by atoms with Gasteiger partial charge in [-0.05, 0) is 36.1 Å². The Kier molecular flexibility index (Phi) is 5.43. The molecule has 1 aromatic heterocycles. The van der Waals surface area contributed by atoms with Crippen molar-refractivity contribution in [1.29, 1.82) is 0 Å². The molecule has 0 fully saturated rings. The fraction of sp³-hybridized carbons (Fsp3) is 0.211. The first-order valence-corrected chi connectivity index (χ1v) is 9.64. The number of nitrogens with one attached hydrogen (secondary N) is 2. The van der Waals surface area contributed by atoms with Crippen molar-refractivity contribution in [3.05, 3.63) is 72.6 Å². The van der Waals surface area contributed by atoms with E-state index in [2.05, 4.69) is 15.0 Å². The van der Waals surface area contributed by atoms with Crippen LogP contribution in [0.2, 0.25) is 0 Å². The quantitative estimate of drug-likeness (QED) is 0.684. The number of hydrogen-bond donors (Lipinski definition) is 2. The fourth-order valence-electron chi connectivity index (χ4n) is 2.63. The lowest BCUT2D eigenvalue weighted by Crippen LogP contribution is -2.39. The SMILES string of the molecule is CC(CNCc1ccccc1)NS(=O)(=O)c1ccc2cnccc2c1. The number of fused-ring (bicyclic) bond motifs is 1. The molecule has 1 heterocycles. The Morgan fingerprint density at radius 1 is 1.04 bits per heavy atom. The van der Waals surface area contributed by atoms with Gasteiger partial charge in [-0.1, -0.05) is 36.4 Å². The summed E-state index contributed by atoms with van der Waals surface area (Å²) >= 11 is 0. The van der Waals surface area contributed by atoms with Gasteiger partial charge in [-0.3, -0.25) is 4.98 Å². The zero-order valence-electron chi connectivity index (χ0n) is 14.0. The number of pyridine rings is 1. The third kappa shape index (κ3) is 4.63. The van der Waals surface area contributed by atoms with Crippen LogP contribution in [0.15, 0.2) is 71.9 Å². The number of rotatable bonds is 7. The Balaban J connectivity index is 1.61. The Labute approximate surface area is 148 Å². The monoisotopic (exact) mass is 355 g/mol. The summed E-state index contributed by atoms with van der Waals surface area (Å²) in [6.07, 6.45) is 3.37. The van der Waals surface area contributed by atoms with Gasteiger partial charge in [-0.15, -0.1) is 0 Å². The molecule has 0 radical (unpaired) electrons. The molecule has 0 saturated heterocycles. The summed E-state index contributed by atoms with van der Waals surface area (Å²) in [6, 6.07) is 16.6. The lowest BCUT2D eigenvalue weighted by molar-refractivity contribution is 0.536. The van der Waals surface area contributed by atoms with Crippen molar-refractivity contribution < 1.29 is 8.42 Å². The van der Waals surface area contributed by atoms with E-state index < -0.39 is 10.0 Å². The van der Waals surface area contributed by atoms with Crippen molar-refractivity contribution in [2.45, 2.75) is 24.4 Å². The zero-order chi connectivity index (χ0) is 17.7. The molecule has 0 aliphatic rings. The van der Waals surface area contributed by atoms with Crippen LogP contribution in [0.1, 0.15) is 12.5 Å². The van der Waals surface area contributed by atoms with Crippen LogP contribution in [0.5, 0.6) is 0 Å². The predicted octanol–water partition coefficient (Wildman–Crippen LogP) is 2.69. The largest absolute Gasteiger partial charge is 0.311 e. The van der Waals surface area contributed by atoms with Crippen molar-refractivity contribution in [1.82, 2.24) is 15.0 Å². The van der Waals surface area contributed by atoms with Crippen LogP contribution in [-0.4, -0.2) is 26.0 Å². The topological polar surface area (TPSA) is 71.1 Å². The molecule has 1 atom stereocenters. The van der Waals surface area contributed by atoms with Crippen LogP contribution in [0.3, 0.4) is 0 Å². The van der Waals surface area contributed by atoms with Crippen LogP contribution in [0, 0.1) is 0 Å². The van der Waals surface area contributed by atoms with Crippen LogP contribution in [0.4, 0.5) is 0 Å². The van der Waals surface area contributed by atoms with Gasteiger partial charge in [0.2, 0.25) is 10.0 Å². The van der Waals surface area contributed by atoms with Crippen molar-refractivity contribution >= 4 is 20.8 Å². The number of nitrogens with zero attached hydrogens (tertiary/aromatic N) is 1. The van der Waals surface area contributed by atoms with Gasteiger partial charge >= 0.3 is 0 Å². The summed E-state index contributed by atoms with van der Waals surface area (Å²) in [7, 11) is -3.56. The molecular formula is C19H21N3O2S. The van der Waals surface area contributed by atoms with Crippen LogP contribution < -0.4 is 10.0 Å². The number of aromatic nitrogens is 1. The van der Waals surface area contributed by atoms with E-state index in [1.54, 1.807) is 36.7 Å². The highest BCUT2D eigenvalue weighted by Crippen LogP contribution is 2.18. The molecule has 0 bridgehead atoms. The Bertz CT molecular complexity index is 943. The molecular weight excluding hydrogens is 334 g/mol. The van der Waals surface area contributed by atoms with Crippen molar-refractivity contribution in [2.75, 3.05) is 6.54 Å². The number of benzene rings is 2. The van der Waals surface area contributed by atoms with E-state index in [9.17, 15) is 8.42 Å². The van der Waals surface area contributed by atoms with Crippen LogP contribution in [0.25, 0.3) is 10.8 Å². The van der Waals surface area contributed by atoms with E-state index in [4.69, 9.17) is 0 Å². The molecule has 0 aliphatic carbocycles. The van der Waals surface area contributed by atoms with E-state index in [0.717, 1.165) is 10.8 Å². The number of hydrogen-bond acceptors (Lipinski definition) is 4. The molecule has 0 saturated carbocycles. The first-order valence-electron chi connectivity index (χ1n) is 8.15. The normalized spacial score (nSPS) is 13.0. The second-order valence-corrected chi connectivity index (χ2v) is 7.74. The molecule has 5 nitrogen and oxygen atoms in total. The van der Waals surface area contributed by atoms with Gasteiger partial charge in [0.1, 0.15) is 0 Å². The highest BCUT2D eigenvalue weighted by Gasteiger charge is 2.17. The molecule has 130 valence electrons. The predicted molar refractivity (Wildman–Crippen MR) is 99.7 cm³/mol. The van der Waals surface area contributed by atoms with Crippen molar-refractivity contribution in [3.63, 3.8) is 0 Å². The standard InChI is InChI=1S/C19H21N3O2S/c1-15(12-21-13-16-5-3-2-4-6-16)22-25(23,24)19-8-7-18-14-20-10-9-17(18)11-19/h2-11,14-15,21-22H,12-13H2,1H3. The number of sulfonamides is 1. The summed E-state index contributed by atoms with van der Waals surface area (Å²) < 4.78 is 27.8. The van der Waals surface area contributed by atoms with Gasteiger partial charge in [0.05, 0.1) is 4.90 Å². The van der Waals surface area contributed by atoms with Crippen molar-refractivity contribution in [2.24, 2.45) is 0 Å². The first-order chi connectivity index (χ1) is 12.0. The first kappa shape index (κ1) is 17.5. The maximum absolute atomic E-state index is 12.6. The maximum Gasteiger partial charge on any atom is 0.240 e. The molecule has 0 aliphatic heterocycles. The summed E-state index contributed by atoms with van der Waals surface area (Å²) in [6.45, 7) is 3.10. The molecule has 3 rings (SSSR count). The van der Waals surface area contributed by atoms with E-state index in [1.165, 1.54) is 5.56 Å². The Morgan fingerprint density at radius 2 is 1.84 bits per heavy atom. The molecule has 2 aromatic carbocycles. The molecule has 0 spiro atoms. The summed E-state index contributed by atoms with van der Waals surface area (Å²) in [5, 5.41) is 5.04. The van der Waals surface area contributed by atoms with E-state index in [1.807, 2.05) is 37.3 Å². The minimum Gasteiger partial charge on any atom is -0.311 e. The minimum atomic E-state index is -3.56. The average Bonchev–Trinajstić information content (AvgIpc) is 2.62. The highest BCUT2D eigenvalue weighted by atomic mass is 32.2. The molecule has 25 heavy (non-hydrogen) atoms. The van der Waals surface area contributed by atoms with Crippen LogP contribution >= 0.6 is 0 Å². The average molecular weight is 355 g/mol. The molecule has 0 amide bonds. The van der Waals surface area contributed by atoms with Crippen LogP contribution in [-0.2, 0) is 16.6 Å². The maximum atomic E-state index is 12.6. The minimum absolute atomic E-state index is 0.221. The van der Waals surface area contributed by atoms with Gasteiger partial charge in [-0.2, -0.15) is 0 Å². The third-order valence-electron chi connectivity index (χ3n) is 3.90. The molecule has 3 aromatic rings. The smallest absolute Gasteiger partial charge is 0.240 e. The van der Waals surface area contributed by atoms with Gasteiger partial charge in [-0.25, -0.2) is 13.1 Å². The lowest BCUT2D eigenvalue weighted by atomic mass is 10.2. The molecule has 2 N–H and O–H groups in total. The van der Waals surface area contributed by atoms with Crippen molar-refractivity contribution in [3.8, 4) is 0 Å². The fourth-order valence-corrected chi connectivity index (χ4v) is 3.91. The summed E-state index contributed by atoms with van der Waals surface area (Å²) in [5.41, 5.74) is 1.17. The van der Waals surface area contributed by atoms with Gasteiger partial charge < -0.3 is 5.32 Å². The van der Waals surface area contributed by atoms with E-state index in [0.29, 0.717) is 13.1 Å². The second kappa shape index (κ2) is 7.74. The van der Waals surface area contributed by atoms with Gasteiger partial charge in [0, 0.05) is 36.9 Å². The van der Waals surface area contributed by atoms with E-state index in [-0.39, 0.29) is 10.9 Å². The summed E-state index contributed by atoms with van der Waals surface area (Å²) in [5.74, 6) is 0. The zero-order valence-corrected chi connectivity index (χ0v) is 14.8. The van der Waals surface area contributed by atoms with Gasteiger partial charge in [0.25, 0.3) is 0 Å². The molecule has 6 heteroatoms. The molecule has 1 unspecified atom stereocenters. The Hall–Kier alpha value is -2.28. The summed E-state index contributed by atoms with van der Waals surface area (Å²) in [4.78, 5) is 4.30.